The second-order valence-electron chi connectivity index (χ2n) is 7.27. The number of ether oxygens (including phenoxy) is 1. The van der Waals surface area contributed by atoms with Gasteiger partial charge in [-0.15, -0.1) is 0 Å². The molecule has 2 aliphatic heterocycles. The zero-order valence-corrected chi connectivity index (χ0v) is 14.9. The van der Waals surface area contributed by atoms with E-state index in [2.05, 4.69) is 20.8 Å². The van der Waals surface area contributed by atoms with Crippen LogP contribution in [0.5, 0.6) is 0 Å². The Labute approximate surface area is 147 Å². The molecule has 0 spiro atoms. The van der Waals surface area contributed by atoms with Crippen molar-refractivity contribution in [3.05, 3.63) is 48.2 Å². The molecule has 7 nitrogen and oxygen atoms in total. The number of hydrazine groups is 1. The molecule has 2 unspecified atom stereocenters. The quantitative estimate of drug-likeness (QED) is 0.788. The molecule has 2 amide bonds. The van der Waals surface area contributed by atoms with Gasteiger partial charge in [0.1, 0.15) is 6.10 Å². The third-order valence-electron chi connectivity index (χ3n) is 4.15. The van der Waals surface area contributed by atoms with Gasteiger partial charge in [0.05, 0.1) is 18.3 Å². The maximum atomic E-state index is 12.5. The second-order valence-corrected chi connectivity index (χ2v) is 7.27. The van der Waals surface area contributed by atoms with Crippen molar-refractivity contribution in [2.45, 2.75) is 33.1 Å². The highest BCUT2D eigenvalue weighted by Crippen LogP contribution is 2.31. The summed E-state index contributed by atoms with van der Waals surface area (Å²) in [5.41, 5.74) is 0.325. The molecule has 1 aromatic rings. The van der Waals surface area contributed by atoms with Gasteiger partial charge in [0.25, 0.3) is 0 Å². The van der Waals surface area contributed by atoms with Crippen LogP contribution in [0.1, 0.15) is 31.1 Å². The van der Waals surface area contributed by atoms with E-state index in [1.54, 1.807) is 37.5 Å². The van der Waals surface area contributed by atoms with Gasteiger partial charge in [-0.1, -0.05) is 39.0 Å². The standard InChI is InChI=1S/C18H23N3O4/c1-18(2,3)14-10-11-20(25-14)21-15(12-19(4)17(21)23)24-16(22)13-8-6-5-7-9-13/h5-11,14-15H,12H2,1-4H3. The Kier molecular flexibility index (Phi) is 4.43. The third-order valence-corrected chi connectivity index (χ3v) is 4.15. The summed E-state index contributed by atoms with van der Waals surface area (Å²) in [6, 6.07) is 8.42. The van der Waals surface area contributed by atoms with Crippen LogP contribution in [0.3, 0.4) is 0 Å². The molecule has 2 aliphatic rings. The SMILES string of the molecule is CN1CC(OC(=O)c2ccccc2)N(N2C=CC(C(C)(C)C)O2)C1=O. The van der Waals surface area contributed by atoms with Gasteiger partial charge in [-0.3, -0.25) is 0 Å². The van der Waals surface area contributed by atoms with Crippen LogP contribution in [0.25, 0.3) is 0 Å². The summed E-state index contributed by atoms with van der Waals surface area (Å²) in [5.74, 6) is -0.478. The third kappa shape index (κ3) is 3.46. The van der Waals surface area contributed by atoms with E-state index in [0.29, 0.717) is 5.56 Å². The molecule has 0 bridgehead atoms. The Morgan fingerprint density at radius 3 is 2.52 bits per heavy atom. The van der Waals surface area contributed by atoms with E-state index in [-0.39, 0.29) is 24.1 Å². The van der Waals surface area contributed by atoms with Crippen LogP contribution in [-0.2, 0) is 9.57 Å². The van der Waals surface area contributed by atoms with E-state index in [0.717, 1.165) is 0 Å². The van der Waals surface area contributed by atoms with E-state index in [9.17, 15) is 9.59 Å². The minimum atomic E-state index is -0.756. The number of hydrogen-bond donors (Lipinski definition) is 0. The molecule has 7 heteroatoms. The smallest absolute Gasteiger partial charge is 0.344 e. The van der Waals surface area contributed by atoms with Gasteiger partial charge in [0.2, 0.25) is 6.23 Å². The van der Waals surface area contributed by atoms with Crippen LogP contribution in [-0.4, -0.2) is 53.0 Å². The molecule has 25 heavy (non-hydrogen) atoms. The minimum Gasteiger partial charge on any atom is -0.434 e. The number of benzene rings is 1. The van der Waals surface area contributed by atoms with Gasteiger partial charge >= 0.3 is 12.0 Å². The Hall–Kier alpha value is -2.54. The fourth-order valence-corrected chi connectivity index (χ4v) is 2.66. The van der Waals surface area contributed by atoms with Gasteiger partial charge in [-0.25, -0.2) is 14.4 Å². The topological polar surface area (TPSA) is 62.3 Å². The van der Waals surface area contributed by atoms with Crippen LogP contribution in [0, 0.1) is 5.41 Å². The van der Waals surface area contributed by atoms with Crippen LogP contribution in [0.4, 0.5) is 4.79 Å². The maximum Gasteiger partial charge on any atom is 0.344 e. The first-order chi connectivity index (χ1) is 11.8. The number of carbonyl (C=O) groups excluding carboxylic acids is 2. The maximum absolute atomic E-state index is 12.5. The number of nitrogens with zero attached hydrogens (tertiary/aromatic N) is 3. The summed E-state index contributed by atoms with van der Waals surface area (Å²) >= 11 is 0. The van der Waals surface area contributed by atoms with E-state index >= 15 is 0 Å². The summed E-state index contributed by atoms with van der Waals surface area (Å²) in [5, 5.41) is 2.69. The number of likely N-dealkylation sites (N-methyl/N-ethyl adjacent to an activating group) is 1. The molecule has 1 aromatic carbocycles. The molecule has 1 fully saturated rings. The zero-order valence-electron chi connectivity index (χ0n) is 14.9. The van der Waals surface area contributed by atoms with Gasteiger partial charge in [0, 0.05) is 7.05 Å². The molecule has 134 valence electrons. The van der Waals surface area contributed by atoms with Crippen LogP contribution in [0.15, 0.2) is 42.6 Å². The molecule has 0 saturated carbocycles. The van der Waals surface area contributed by atoms with Crippen molar-refractivity contribution in [1.29, 1.82) is 0 Å². The lowest BCUT2D eigenvalue weighted by atomic mass is 9.89. The van der Waals surface area contributed by atoms with E-state index < -0.39 is 12.2 Å². The Morgan fingerprint density at radius 2 is 1.92 bits per heavy atom. The number of carbonyl (C=O) groups is 2. The molecule has 1 saturated heterocycles. The van der Waals surface area contributed by atoms with Gasteiger partial charge in [-0.05, 0) is 23.6 Å². The van der Waals surface area contributed by atoms with Crippen molar-refractivity contribution in [3.63, 3.8) is 0 Å². The van der Waals surface area contributed by atoms with E-state index in [4.69, 9.17) is 9.57 Å². The van der Waals surface area contributed by atoms with Gasteiger partial charge in [0.15, 0.2) is 0 Å². The average molecular weight is 345 g/mol. The molecular weight excluding hydrogens is 322 g/mol. The molecule has 0 N–H and O–H groups in total. The first kappa shape index (κ1) is 17.3. The highest BCUT2D eigenvalue weighted by atomic mass is 16.7. The monoisotopic (exact) mass is 345 g/mol. The summed E-state index contributed by atoms with van der Waals surface area (Å²) < 4.78 is 5.55. The van der Waals surface area contributed by atoms with Gasteiger partial charge < -0.3 is 9.64 Å². The normalized spacial score (nSPS) is 23.5. The second kappa shape index (κ2) is 6.40. The molecular formula is C18H23N3O4. The molecule has 2 atom stereocenters. The number of hydroxylamine groups is 1. The van der Waals surface area contributed by atoms with Crippen LogP contribution < -0.4 is 0 Å². The van der Waals surface area contributed by atoms with E-state index in [1.165, 1.54) is 15.1 Å². The van der Waals surface area contributed by atoms with Crippen molar-refractivity contribution in [2.24, 2.45) is 5.41 Å². The van der Waals surface area contributed by atoms with Crippen LogP contribution in [0.2, 0.25) is 0 Å². The Bertz CT molecular complexity index is 683. The summed E-state index contributed by atoms with van der Waals surface area (Å²) in [6.45, 7) is 6.42. The van der Waals surface area contributed by atoms with Crippen LogP contribution >= 0.6 is 0 Å². The summed E-state index contributed by atoms with van der Waals surface area (Å²) in [6.07, 6.45) is 2.66. The summed E-state index contributed by atoms with van der Waals surface area (Å²) in [7, 11) is 1.66. The van der Waals surface area contributed by atoms with Crippen molar-refractivity contribution in [2.75, 3.05) is 13.6 Å². The average Bonchev–Trinajstić information content (AvgIpc) is 3.14. The lowest BCUT2D eigenvalue weighted by Gasteiger charge is -2.33. The number of hydrogen-bond acceptors (Lipinski definition) is 5. The van der Waals surface area contributed by atoms with Crippen molar-refractivity contribution >= 4 is 12.0 Å². The van der Waals surface area contributed by atoms with Gasteiger partial charge in [-0.2, -0.15) is 10.2 Å². The van der Waals surface area contributed by atoms with Crippen molar-refractivity contribution in [3.8, 4) is 0 Å². The largest absolute Gasteiger partial charge is 0.434 e. The fraction of sp³-hybridized carbons (Fsp3) is 0.444. The molecule has 0 aliphatic carbocycles. The lowest BCUT2D eigenvalue weighted by Crippen LogP contribution is -2.47. The van der Waals surface area contributed by atoms with E-state index in [1.807, 2.05) is 12.1 Å². The van der Waals surface area contributed by atoms with Crippen molar-refractivity contribution in [1.82, 2.24) is 15.1 Å². The number of rotatable bonds is 3. The molecule has 3 rings (SSSR count). The highest BCUT2D eigenvalue weighted by molar-refractivity contribution is 5.89. The Morgan fingerprint density at radius 1 is 1.24 bits per heavy atom. The first-order valence-electron chi connectivity index (χ1n) is 8.22. The fourth-order valence-electron chi connectivity index (χ4n) is 2.66. The zero-order chi connectivity index (χ0) is 18.2. The minimum absolute atomic E-state index is 0.115. The predicted molar refractivity (Wildman–Crippen MR) is 90.8 cm³/mol. The number of esters is 1. The molecule has 2 heterocycles. The highest BCUT2D eigenvalue weighted by Gasteiger charge is 2.44. The number of amides is 2. The Balaban J connectivity index is 1.74. The number of urea groups is 1. The summed E-state index contributed by atoms with van der Waals surface area (Å²) in [4.78, 5) is 32.2. The van der Waals surface area contributed by atoms with Crippen molar-refractivity contribution < 1.29 is 19.2 Å². The first-order valence-corrected chi connectivity index (χ1v) is 8.22. The molecule has 0 radical (unpaired) electrons. The lowest BCUT2D eigenvalue weighted by molar-refractivity contribution is -0.270. The molecule has 0 aromatic heterocycles. The predicted octanol–water partition coefficient (Wildman–Crippen LogP) is 2.63.